The van der Waals surface area contributed by atoms with E-state index in [1.165, 1.54) is 26.8 Å². The number of esters is 5. The van der Waals surface area contributed by atoms with Gasteiger partial charge in [-0.2, -0.15) is 0 Å². The number of halogens is 1. The van der Waals surface area contributed by atoms with Crippen LogP contribution >= 0.6 is 11.6 Å². The molecule has 8 atom stereocenters. The second-order valence-corrected chi connectivity index (χ2v) is 12.6. The number of alkyl halides is 1. The number of carbonyl (C=O) groups excluding carboxylic acids is 5. The summed E-state index contributed by atoms with van der Waals surface area (Å²) in [6.07, 6.45) is 0.813. The molecule has 0 aromatic heterocycles. The summed E-state index contributed by atoms with van der Waals surface area (Å²) < 4.78 is 28.5. The highest BCUT2D eigenvalue weighted by Crippen LogP contribution is 2.66. The van der Waals surface area contributed by atoms with Gasteiger partial charge in [0.05, 0.1) is 16.9 Å². The largest absolute Gasteiger partial charge is 0.465 e. The SMILES string of the molecule is CC=C(C)C(=O)OC1CCC(O)(CCl)C2(COC(C)=O)C(OC(C)=O)CC(C)C(C)(CC(OC(C)=O)C3=CC(=O)OC3)C12. The molecule has 3 aliphatic rings. The lowest BCUT2D eigenvalue weighted by Crippen LogP contribution is -2.74. The lowest BCUT2D eigenvalue weighted by Gasteiger charge is -2.67. The van der Waals surface area contributed by atoms with Gasteiger partial charge in [-0.05, 0) is 50.9 Å². The number of rotatable bonds is 10. The van der Waals surface area contributed by atoms with Gasteiger partial charge in [0.1, 0.15) is 31.5 Å². The molecule has 11 nitrogen and oxygen atoms in total. The molecule has 0 amide bonds. The van der Waals surface area contributed by atoms with E-state index in [1.807, 2.05) is 13.8 Å². The Morgan fingerprint density at radius 3 is 2.33 bits per heavy atom. The van der Waals surface area contributed by atoms with Gasteiger partial charge in [0, 0.05) is 43.9 Å². The summed E-state index contributed by atoms with van der Waals surface area (Å²) in [5.41, 5.74) is -3.36. The molecule has 1 aliphatic heterocycles. The maximum atomic E-state index is 13.2. The Hall–Kier alpha value is -2.92. The van der Waals surface area contributed by atoms with Crippen LogP contribution < -0.4 is 0 Å². The van der Waals surface area contributed by atoms with E-state index >= 15 is 0 Å². The van der Waals surface area contributed by atoms with E-state index in [0.29, 0.717) is 11.1 Å². The highest BCUT2D eigenvalue weighted by Gasteiger charge is 2.73. The molecule has 43 heavy (non-hydrogen) atoms. The molecule has 240 valence electrons. The summed E-state index contributed by atoms with van der Waals surface area (Å²) >= 11 is 6.52. The summed E-state index contributed by atoms with van der Waals surface area (Å²) in [5.74, 6) is -4.33. The smallest absolute Gasteiger partial charge is 0.333 e. The predicted octanol–water partition coefficient (Wildman–Crippen LogP) is 3.58. The van der Waals surface area contributed by atoms with Crippen molar-refractivity contribution in [1.82, 2.24) is 0 Å². The Kier molecular flexibility index (Phi) is 10.8. The fourth-order valence-electron chi connectivity index (χ4n) is 7.33. The van der Waals surface area contributed by atoms with Crippen molar-refractivity contribution in [2.45, 2.75) is 98.1 Å². The van der Waals surface area contributed by atoms with Crippen LogP contribution in [0.1, 0.15) is 74.1 Å². The molecule has 0 saturated heterocycles. The Bertz CT molecular complexity index is 1190. The van der Waals surface area contributed by atoms with E-state index in [0.717, 1.165) is 0 Å². The number of cyclic esters (lactones) is 1. The van der Waals surface area contributed by atoms with Crippen LogP contribution in [0.5, 0.6) is 0 Å². The van der Waals surface area contributed by atoms with Crippen LogP contribution in [0, 0.1) is 22.7 Å². The first-order valence-corrected chi connectivity index (χ1v) is 15.0. The Morgan fingerprint density at radius 1 is 1.14 bits per heavy atom. The minimum atomic E-state index is -1.72. The van der Waals surface area contributed by atoms with Gasteiger partial charge in [-0.3, -0.25) is 14.4 Å². The quantitative estimate of drug-likeness (QED) is 0.164. The molecule has 0 radical (unpaired) electrons. The molecule has 0 aromatic carbocycles. The molecule has 0 spiro atoms. The molecule has 1 heterocycles. The Morgan fingerprint density at radius 2 is 1.81 bits per heavy atom. The maximum absolute atomic E-state index is 13.2. The highest BCUT2D eigenvalue weighted by atomic mass is 35.5. The topological polar surface area (TPSA) is 152 Å². The van der Waals surface area contributed by atoms with E-state index in [-0.39, 0.29) is 50.7 Å². The van der Waals surface area contributed by atoms with Crippen molar-refractivity contribution in [2.75, 3.05) is 19.1 Å². The van der Waals surface area contributed by atoms with Crippen LogP contribution in [0.15, 0.2) is 23.3 Å². The number of fused-ring (bicyclic) bond motifs is 1. The molecular formula is C31H43ClO11. The summed E-state index contributed by atoms with van der Waals surface area (Å²) in [5, 5.41) is 12.3. The lowest BCUT2D eigenvalue weighted by atomic mass is 9.41. The van der Waals surface area contributed by atoms with Crippen LogP contribution in [0.3, 0.4) is 0 Å². The van der Waals surface area contributed by atoms with E-state index in [4.69, 9.17) is 35.3 Å². The second-order valence-electron chi connectivity index (χ2n) is 12.3. The predicted molar refractivity (Wildman–Crippen MR) is 153 cm³/mol. The monoisotopic (exact) mass is 626 g/mol. The first-order valence-electron chi connectivity index (χ1n) is 14.5. The third-order valence-corrected chi connectivity index (χ3v) is 10.1. The van der Waals surface area contributed by atoms with Crippen molar-refractivity contribution >= 4 is 41.4 Å². The fraction of sp³-hybridized carbons (Fsp3) is 0.710. The van der Waals surface area contributed by atoms with Gasteiger partial charge in [0.15, 0.2) is 0 Å². The summed E-state index contributed by atoms with van der Waals surface area (Å²) in [6.45, 7) is 10.5. The number of ether oxygens (including phenoxy) is 5. The van der Waals surface area contributed by atoms with Crippen LogP contribution in [0.4, 0.5) is 0 Å². The van der Waals surface area contributed by atoms with Crippen molar-refractivity contribution in [1.29, 1.82) is 0 Å². The molecular weight excluding hydrogens is 584 g/mol. The summed E-state index contributed by atoms with van der Waals surface area (Å²) in [4.78, 5) is 62.2. The number of allylic oxidation sites excluding steroid dienone is 1. The average molecular weight is 627 g/mol. The van der Waals surface area contributed by atoms with Crippen molar-refractivity contribution in [2.24, 2.45) is 22.7 Å². The zero-order chi connectivity index (χ0) is 32.3. The number of hydrogen-bond donors (Lipinski definition) is 1. The first kappa shape index (κ1) is 34.6. The van der Waals surface area contributed by atoms with Gasteiger partial charge >= 0.3 is 29.8 Å². The third-order valence-electron chi connectivity index (χ3n) is 9.70. The van der Waals surface area contributed by atoms with Crippen molar-refractivity contribution in [3.05, 3.63) is 23.3 Å². The minimum Gasteiger partial charge on any atom is -0.465 e. The van der Waals surface area contributed by atoms with Crippen LogP contribution in [0.25, 0.3) is 0 Å². The van der Waals surface area contributed by atoms with Crippen LogP contribution in [-0.4, -0.2) is 78.0 Å². The van der Waals surface area contributed by atoms with Crippen LogP contribution in [0.2, 0.25) is 0 Å². The first-order chi connectivity index (χ1) is 20.0. The van der Waals surface area contributed by atoms with Crippen LogP contribution in [-0.2, 0) is 47.7 Å². The fourth-order valence-corrected chi connectivity index (χ4v) is 7.71. The number of carbonyl (C=O) groups is 5. The molecule has 12 heteroatoms. The van der Waals surface area contributed by atoms with Crippen molar-refractivity contribution in [3.8, 4) is 0 Å². The number of aliphatic hydroxyl groups is 1. The maximum Gasteiger partial charge on any atom is 0.333 e. The molecule has 0 bridgehead atoms. The summed E-state index contributed by atoms with van der Waals surface area (Å²) in [7, 11) is 0. The van der Waals surface area contributed by atoms with E-state index in [9.17, 15) is 29.1 Å². The van der Waals surface area contributed by atoms with Gasteiger partial charge in [0.2, 0.25) is 0 Å². The van der Waals surface area contributed by atoms with E-state index < -0.39 is 70.5 Å². The molecule has 3 rings (SSSR count). The molecule has 2 fully saturated rings. The lowest BCUT2D eigenvalue weighted by molar-refractivity contribution is -0.293. The summed E-state index contributed by atoms with van der Waals surface area (Å²) in [6, 6.07) is 0. The van der Waals surface area contributed by atoms with Gasteiger partial charge in [-0.25, -0.2) is 9.59 Å². The van der Waals surface area contributed by atoms with Gasteiger partial charge in [-0.15, -0.1) is 11.6 Å². The molecule has 0 aromatic rings. The van der Waals surface area contributed by atoms with E-state index in [1.54, 1.807) is 19.9 Å². The molecule has 2 aliphatic carbocycles. The normalized spacial score (nSPS) is 34.7. The van der Waals surface area contributed by atoms with Crippen molar-refractivity contribution in [3.63, 3.8) is 0 Å². The van der Waals surface area contributed by atoms with E-state index in [2.05, 4.69) is 0 Å². The van der Waals surface area contributed by atoms with Gasteiger partial charge < -0.3 is 28.8 Å². The minimum absolute atomic E-state index is 0.0597. The zero-order valence-electron chi connectivity index (χ0n) is 25.9. The standard InChI is InChI=1S/C31H43ClO11/c1-8-17(2)28(37)43-23-9-10-30(38,15-32)31(16-40-19(4)33)25(42-21(6)35)11-18(3)29(7,27(23)31)13-24(41-20(5)34)22-12-26(36)39-14-22/h8,12,18,23-25,27,38H,9-11,13-16H2,1-7H3. The second kappa shape index (κ2) is 13.4. The highest BCUT2D eigenvalue weighted by molar-refractivity contribution is 6.18. The Balaban J connectivity index is 2.31. The molecule has 1 N–H and O–H groups in total. The van der Waals surface area contributed by atoms with Gasteiger partial charge in [-0.1, -0.05) is 19.9 Å². The van der Waals surface area contributed by atoms with Crippen molar-refractivity contribution < 1.29 is 52.8 Å². The van der Waals surface area contributed by atoms with Gasteiger partial charge in [0.25, 0.3) is 0 Å². The molecule has 8 unspecified atom stereocenters. The Labute approximate surface area is 257 Å². The molecule has 2 saturated carbocycles. The average Bonchev–Trinajstić information content (AvgIpc) is 3.36. The third kappa shape index (κ3) is 6.77. The zero-order valence-corrected chi connectivity index (χ0v) is 26.7. The number of hydrogen-bond acceptors (Lipinski definition) is 11.